The maximum Gasteiger partial charge on any atom is 0.227 e. The van der Waals surface area contributed by atoms with E-state index < -0.39 is 0 Å². The van der Waals surface area contributed by atoms with E-state index in [4.69, 9.17) is 0 Å². The van der Waals surface area contributed by atoms with Crippen LogP contribution >= 0.6 is 0 Å². The Bertz CT molecular complexity index is 639. The molecule has 0 aromatic carbocycles. The number of amides is 1. The zero-order chi connectivity index (χ0) is 15.5. The van der Waals surface area contributed by atoms with Gasteiger partial charge in [-0.3, -0.25) is 14.5 Å². The minimum Gasteiger partial charge on any atom is -0.341 e. The van der Waals surface area contributed by atoms with Gasteiger partial charge in [0.1, 0.15) is 0 Å². The molecule has 0 saturated carbocycles. The highest BCUT2D eigenvalue weighted by atomic mass is 16.2. The lowest BCUT2D eigenvalue weighted by atomic mass is 9.90. The van der Waals surface area contributed by atoms with Crippen LogP contribution in [0.3, 0.4) is 0 Å². The van der Waals surface area contributed by atoms with Gasteiger partial charge in [-0.1, -0.05) is 0 Å². The van der Waals surface area contributed by atoms with Crippen LogP contribution in [0.2, 0.25) is 0 Å². The van der Waals surface area contributed by atoms with Gasteiger partial charge >= 0.3 is 0 Å². The van der Waals surface area contributed by atoms with Gasteiger partial charge in [-0.05, 0) is 23.3 Å². The summed E-state index contributed by atoms with van der Waals surface area (Å²) < 4.78 is 1.79. The van der Waals surface area contributed by atoms with E-state index in [2.05, 4.69) is 15.4 Å². The van der Waals surface area contributed by atoms with Gasteiger partial charge in [0.25, 0.3) is 0 Å². The van der Waals surface area contributed by atoms with Crippen LogP contribution in [0.4, 0.5) is 0 Å². The number of pyridine rings is 1. The number of hydrogen-bond acceptors (Lipinski definition) is 4. The van der Waals surface area contributed by atoms with E-state index in [1.807, 2.05) is 38.6 Å². The zero-order valence-electron chi connectivity index (χ0n) is 12.9. The molecule has 2 atom stereocenters. The van der Waals surface area contributed by atoms with E-state index in [0.717, 1.165) is 24.2 Å². The number of rotatable bonds is 4. The zero-order valence-corrected chi connectivity index (χ0v) is 12.9. The van der Waals surface area contributed by atoms with Crippen molar-refractivity contribution in [1.29, 1.82) is 0 Å². The van der Waals surface area contributed by atoms with Crippen molar-refractivity contribution in [2.45, 2.75) is 12.5 Å². The molecule has 6 nitrogen and oxygen atoms in total. The molecule has 1 amide bonds. The number of carbonyl (C=O) groups excluding carboxylic acids is 1. The van der Waals surface area contributed by atoms with Crippen LogP contribution in [0, 0.1) is 5.92 Å². The Morgan fingerprint density at radius 3 is 2.86 bits per heavy atom. The first-order valence-electron chi connectivity index (χ1n) is 7.48. The van der Waals surface area contributed by atoms with Crippen molar-refractivity contribution in [3.8, 4) is 0 Å². The topological polar surface area (TPSA) is 63.1 Å². The number of aromatic nitrogens is 3. The average molecular weight is 299 g/mol. The molecule has 1 N–H and O–H groups in total. The monoisotopic (exact) mass is 299 g/mol. The lowest BCUT2D eigenvalue weighted by Gasteiger charge is -2.24. The summed E-state index contributed by atoms with van der Waals surface area (Å²) >= 11 is 0. The quantitative estimate of drug-likeness (QED) is 0.906. The maximum absolute atomic E-state index is 12.8. The number of hydrogen-bond donors (Lipinski definition) is 1. The second-order valence-corrected chi connectivity index (χ2v) is 5.87. The van der Waals surface area contributed by atoms with Crippen molar-refractivity contribution < 1.29 is 4.79 Å². The van der Waals surface area contributed by atoms with Crippen LogP contribution in [-0.2, 0) is 18.4 Å². The van der Waals surface area contributed by atoms with E-state index in [-0.39, 0.29) is 17.7 Å². The summed E-state index contributed by atoms with van der Waals surface area (Å²) in [6, 6.07) is 3.88. The molecule has 0 radical (unpaired) electrons. The van der Waals surface area contributed by atoms with Crippen LogP contribution in [0.5, 0.6) is 0 Å². The Labute approximate surface area is 130 Å². The van der Waals surface area contributed by atoms with Gasteiger partial charge < -0.3 is 10.2 Å². The van der Waals surface area contributed by atoms with Gasteiger partial charge in [0.15, 0.2) is 0 Å². The molecule has 1 saturated heterocycles. The lowest BCUT2D eigenvalue weighted by molar-refractivity contribution is -0.134. The van der Waals surface area contributed by atoms with E-state index in [9.17, 15) is 4.79 Å². The third-order valence-corrected chi connectivity index (χ3v) is 4.23. The van der Waals surface area contributed by atoms with E-state index in [1.54, 1.807) is 22.0 Å². The van der Waals surface area contributed by atoms with Crippen LogP contribution in [0.25, 0.3) is 0 Å². The largest absolute Gasteiger partial charge is 0.341 e. The standard InChI is InChI=1S/C16H21N5O/c1-20(10-12-3-5-17-6-4-12)16(22)15-9-18-8-14(15)13-7-19-21(2)11-13/h3-7,11,14-15,18H,8-10H2,1-2H3/t14-,15+/m1/s1. The van der Waals surface area contributed by atoms with Crippen LogP contribution in [-0.4, -0.2) is 45.7 Å². The molecular weight excluding hydrogens is 278 g/mol. The molecular formula is C16H21N5O. The molecule has 1 aliphatic rings. The molecule has 6 heteroatoms. The normalized spacial score (nSPS) is 21.0. The number of nitrogens with zero attached hydrogens (tertiary/aromatic N) is 4. The minimum absolute atomic E-state index is 0.0314. The fourth-order valence-corrected chi connectivity index (χ4v) is 3.04. The van der Waals surface area contributed by atoms with E-state index >= 15 is 0 Å². The van der Waals surface area contributed by atoms with Crippen molar-refractivity contribution >= 4 is 5.91 Å². The highest BCUT2D eigenvalue weighted by Gasteiger charge is 2.36. The third-order valence-electron chi connectivity index (χ3n) is 4.23. The molecule has 1 fully saturated rings. The molecule has 2 aromatic heterocycles. The Kier molecular flexibility index (Phi) is 4.20. The summed E-state index contributed by atoms with van der Waals surface area (Å²) in [6.45, 7) is 2.15. The fraction of sp³-hybridized carbons (Fsp3) is 0.438. The molecule has 0 spiro atoms. The first-order valence-corrected chi connectivity index (χ1v) is 7.48. The lowest BCUT2D eigenvalue weighted by Crippen LogP contribution is -2.35. The maximum atomic E-state index is 12.8. The smallest absolute Gasteiger partial charge is 0.227 e. The number of carbonyl (C=O) groups is 1. The Morgan fingerprint density at radius 2 is 2.18 bits per heavy atom. The first kappa shape index (κ1) is 14.7. The summed E-state index contributed by atoms with van der Waals surface area (Å²) in [7, 11) is 3.76. The first-order chi connectivity index (χ1) is 10.6. The highest BCUT2D eigenvalue weighted by Crippen LogP contribution is 2.29. The fourth-order valence-electron chi connectivity index (χ4n) is 3.04. The van der Waals surface area contributed by atoms with Crippen molar-refractivity contribution in [2.75, 3.05) is 20.1 Å². The summed E-state index contributed by atoms with van der Waals surface area (Å²) in [5.41, 5.74) is 2.22. The molecule has 0 bridgehead atoms. The molecule has 3 rings (SSSR count). The molecule has 22 heavy (non-hydrogen) atoms. The van der Waals surface area contributed by atoms with Gasteiger partial charge in [0, 0.05) is 58.2 Å². The molecule has 3 heterocycles. The summed E-state index contributed by atoms with van der Waals surface area (Å²) in [5.74, 6) is 0.341. The molecule has 1 aliphatic heterocycles. The second-order valence-electron chi connectivity index (χ2n) is 5.87. The second kappa shape index (κ2) is 6.27. The minimum atomic E-state index is -0.0314. The van der Waals surface area contributed by atoms with E-state index in [1.165, 1.54) is 0 Å². The van der Waals surface area contributed by atoms with Crippen molar-refractivity contribution in [3.05, 3.63) is 48.0 Å². The molecule has 0 unspecified atom stereocenters. The predicted octanol–water partition coefficient (Wildman–Crippen LogP) is 0.777. The highest BCUT2D eigenvalue weighted by molar-refractivity contribution is 5.80. The summed E-state index contributed by atoms with van der Waals surface area (Å²) in [5, 5.41) is 7.56. The average Bonchev–Trinajstić information content (AvgIpc) is 3.15. The predicted molar refractivity (Wildman–Crippen MR) is 83.0 cm³/mol. The Balaban J connectivity index is 1.70. The summed E-state index contributed by atoms with van der Waals surface area (Å²) in [4.78, 5) is 18.6. The number of nitrogens with one attached hydrogen (secondary N) is 1. The van der Waals surface area contributed by atoms with E-state index in [0.29, 0.717) is 6.54 Å². The number of aryl methyl sites for hydroxylation is 1. The van der Waals surface area contributed by atoms with Crippen LogP contribution in [0.15, 0.2) is 36.9 Å². The van der Waals surface area contributed by atoms with Crippen LogP contribution < -0.4 is 5.32 Å². The van der Waals surface area contributed by atoms with Gasteiger partial charge in [-0.15, -0.1) is 0 Å². The Hall–Kier alpha value is -2.21. The van der Waals surface area contributed by atoms with Crippen molar-refractivity contribution in [2.24, 2.45) is 13.0 Å². The van der Waals surface area contributed by atoms with Gasteiger partial charge in [-0.2, -0.15) is 5.10 Å². The Morgan fingerprint density at radius 1 is 1.41 bits per heavy atom. The van der Waals surface area contributed by atoms with Crippen molar-refractivity contribution in [3.63, 3.8) is 0 Å². The van der Waals surface area contributed by atoms with Crippen LogP contribution in [0.1, 0.15) is 17.0 Å². The van der Waals surface area contributed by atoms with Crippen molar-refractivity contribution in [1.82, 2.24) is 25.0 Å². The van der Waals surface area contributed by atoms with Gasteiger partial charge in [0.2, 0.25) is 5.91 Å². The molecule has 0 aliphatic carbocycles. The molecule has 2 aromatic rings. The SMILES string of the molecule is CN(Cc1ccncc1)C(=O)[C@H]1CNC[C@@H]1c1cnn(C)c1. The third kappa shape index (κ3) is 3.01. The van der Waals surface area contributed by atoms with Gasteiger partial charge in [-0.25, -0.2) is 0 Å². The summed E-state index contributed by atoms with van der Waals surface area (Å²) in [6.07, 6.45) is 7.37. The van der Waals surface area contributed by atoms with Gasteiger partial charge in [0.05, 0.1) is 12.1 Å². The molecule has 116 valence electrons.